The smallest absolute Gasteiger partial charge is 0.249 e. The number of hydrogen-bond acceptors (Lipinski definition) is 16. The van der Waals surface area contributed by atoms with Crippen molar-refractivity contribution in [1.29, 1.82) is 0 Å². The number of unbranched alkanes of at least 4 members (excludes halogenated alkanes) is 1. The van der Waals surface area contributed by atoms with Crippen LogP contribution in [0.4, 0.5) is 0 Å². The molecule has 2 aromatic heterocycles. The molecule has 1 saturated heterocycles. The number of amidine groups is 1. The largest absolute Gasteiger partial charge is 0.394 e. The van der Waals surface area contributed by atoms with Gasteiger partial charge in [-0.2, -0.15) is 0 Å². The van der Waals surface area contributed by atoms with E-state index >= 15 is 0 Å². The predicted molar refractivity (Wildman–Crippen MR) is 248 cm³/mol. The van der Waals surface area contributed by atoms with E-state index in [2.05, 4.69) is 57.3 Å². The maximum Gasteiger partial charge on any atom is 0.249 e. The molecule has 6 amide bonds. The highest BCUT2D eigenvalue weighted by atomic mass is 16.6. The molecule has 1 fully saturated rings. The summed E-state index contributed by atoms with van der Waals surface area (Å²) in [5.41, 5.74) is 10.4. The third-order valence-electron chi connectivity index (χ3n) is 11.0. The van der Waals surface area contributed by atoms with Crippen molar-refractivity contribution in [2.75, 3.05) is 32.9 Å². The topological polar surface area (TPSA) is 389 Å². The van der Waals surface area contributed by atoms with E-state index in [4.69, 9.17) is 15.3 Å². The number of H-pyrrole nitrogens is 2. The van der Waals surface area contributed by atoms with E-state index in [1.807, 2.05) is 37.4 Å². The quantitative estimate of drug-likeness (QED) is 0.0150. The molecule has 10 atom stereocenters. The van der Waals surface area contributed by atoms with Gasteiger partial charge in [-0.15, -0.1) is 0 Å². The summed E-state index contributed by atoms with van der Waals surface area (Å²) in [6.07, 6.45) is 0.524. The number of nitrogens with one attached hydrogen (secondary N) is 9. The zero-order valence-corrected chi connectivity index (χ0v) is 39.1. The Morgan fingerprint density at radius 1 is 0.841 bits per heavy atom. The van der Waals surface area contributed by atoms with Gasteiger partial charge in [0, 0.05) is 41.5 Å². The van der Waals surface area contributed by atoms with Gasteiger partial charge in [0.2, 0.25) is 35.4 Å². The number of carbonyl (C=O) groups excluding carboxylic acids is 6. The molecule has 1 aliphatic rings. The number of nitrogens with two attached hydrogens (primary N) is 1. The molecule has 25 heteroatoms. The van der Waals surface area contributed by atoms with Crippen molar-refractivity contribution in [2.24, 2.45) is 16.6 Å². The summed E-state index contributed by atoms with van der Waals surface area (Å²) in [7, 11) is 0. The van der Waals surface area contributed by atoms with Crippen LogP contribution < -0.4 is 43.1 Å². The van der Waals surface area contributed by atoms with E-state index in [0.29, 0.717) is 37.9 Å². The number of amides is 6. The summed E-state index contributed by atoms with van der Waals surface area (Å²) in [5, 5.41) is 66.8. The Hall–Kier alpha value is -6.06. The maximum atomic E-state index is 13.6. The standard InChI is InChI=1S/C44H68N12O13/c1-23(2)13-31(40(63)48-18-35(59)52-30(11-7-8-12-45)41(64)50-24(3)14-26-16-47-29-10-6-5-9-28(26)29)54-43(66)33(19-57)55-42(65)32(15-27-17-46-22-49-27)53-36(60)21-68-56-25(4)51-37-39(62)38(61)34(20-58)69-44(37)67/h5-6,9-10,16-17,22-24,30-34,37-39,44,47,57-58,61-62,67H,7-8,11-15,18-21,45H2,1-4H3,(H,46,49)(H,48,63)(H,50,64)(H,51,56)(H,52,59)(H,53,60)(H,54,66)(H,55,65). The minimum atomic E-state index is -1.68. The Balaban J connectivity index is 1.32. The molecule has 1 aromatic carbocycles. The van der Waals surface area contributed by atoms with Gasteiger partial charge in [0.05, 0.1) is 26.1 Å². The fourth-order valence-corrected chi connectivity index (χ4v) is 7.50. The first-order valence-corrected chi connectivity index (χ1v) is 22.8. The fourth-order valence-electron chi connectivity index (χ4n) is 7.50. The highest BCUT2D eigenvalue weighted by Crippen LogP contribution is 2.22. The molecule has 4 rings (SSSR count). The molecule has 3 heterocycles. The van der Waals surface area contributed by atoms with Crippen LogP contribution in [-0.2, 0) is 51.2 Å². The summed E-state index contributed by atoms with van der Waals surface area (Å²) < 4.78 is 5.07. The summed E-state index contributed by atoms with van der Waals surface area (Å²) in [5.74, 6) is -4.67. The molecular formula is C44H68N12O13. The molecule has 0 aliphatic carbocycles. The number of aliphatic hydroxyl groups is 5. The van der Waals surface area contributed by atoms with Crippen LogP contribution in [-0.4, -0.2) is 176 Å². The van der Waals surface area contributed by atoms with Gasteiger partial charge in [-0.1, -0.05) is 32.0 Å². The van der Waals surface area contributed by atoms with Crippen LogP contribution in [0.1, 0.15) is 64.6 Å². The summed E-state index contributed by atoms with van der Waals surface area (Å²) in [6.45, 7) is 4.41. The van der Waals surface area contributed by atoms with Gasteiger partial charge in [-0.25, -0.2) is 4.98 Å². The van der Waals surface area contributed by atoms with Gasteiger partial charge in [-0.05, 0) is 70.0 Å². The number of aliphatic hydroxyl groups excluding tert-OH is 5. The fraction of sp³-hybridized carbons (Fsp3) is 0.591. The molecule has 0 spiro atoms. The van der Waals surface area contributed by atoms with Crippen LogP contribution in [0, 0.1) is 5.92 Å². The van der Waals surface area contributed by atoms with Crippen molar-refractivity contribution in [3.05, 3.63) is 54.2 Å². The van der Waals surface area contributed by atoms with E-state index in [-0.39, 0.29) is 30.6 Å². The normalized spacial score (nSPS) is 20.5. The number of hydrogen-bond donors (Lipinski definition) is 15. The lowest BCUT2D eigenvalue weighted by Gasteiger charge is -2.38. The lowest BCUT2D eigenvalue weighted by Crippen LogP contribution is -2.59. The number of imidazole rings is 1. The molecule has 25 nitrogen and oxygen atoms in total. The Kier molecular flexibility index (Phi) is 22.4. The van der Waals surface area contributed by atoms with Gasteiger partial charge < -0.3 is 77.9 Å². The minimum absolute atomic E-state index is 0.0496. The molecule has 0 bridgehead atoms. The van der Waals surface area contributed by atoms with E-state index in [0.717, 1.165) is 16.5 Å². The Labute approximate surface area is 398 Å². The molecule has 1 aliphatic heterocycles. The third-order valence-corrected chi connectivity index (χ3v) is 11.0. The molecule has 69 heavy (non-hydrogen) atoms. The van der Waals surface area contributed by atoms with Crippen molar-refractivity contribution in [1.82, 2.24) is 52.3 Å². The minimum Gasteiger partial charge on any atom is -0.394 e. The van der Waals surface area contributed by atoms with Gasteiger partial charge >= 0.3 is 0 Å². The zero-order chi connectivity index (χ0) is 50.6. The Morgan fingerprint density at radius 3 is 2.22 bits per heavy atom. The number of para-hydroxylation sites is 1. The molecule has 3 aromatic rings. The van der Waals surface area contributed by atoms with Crippen molar-refractivity contribution < 1.29 is 63.9 Å². The molecule has 0 radical (unpaired) electrons. The molecule has 16 N–H and O–H groups in total. The first-order chi connectivity index (χ1) is 32.9. The van der Waals surface area contributed by atoms with Crippen molar-refractivity contribution in [3.8, 4) is 0 Å². The lowest BCUT2D eigenvalue weighted by molar-refractivity contribution is -0.248. The lowest BCUT2D eigenvalue weighted by atomic mass is 9.97. The average molecular weight is 973 g/mol. The molecule has 0 saturated carbocycles. The van der Waals surface area contributed by atoms with E-state index < -0.39 is 117 Å². The number of aromatic nitrogens is 3. The van der Waals surface area contributed by atoms with Gasteiger partial charge in [-0.3, -0.25) is 44.1 Å². The van der Waals surface area contributed by atoms with E-state index in [1.54, 1.807) is 13.8 Å². The monoisotopic (exact) mass is 973 g/mol. The average Bonchev–Trinajstić information content (AvgIpc) is 3.99. The number of aliphatic imine (C=N–C) groups is 1. The van der Waals surface area contributed by atoms with Crippen LogP contribution >= 0.6 is 0 Å². The van der Waals surface area contributed by atoms with Crippen LogP contribution in [0.2, 0.25) is 0 Å². The number of benzene rings is 1. The van der Waals surface area contributed by atoms with Gasteiger partial charge in [0.1, 0.15) is 54.4 Å². The van der Waals surface area contributed by atoms with E-state index in [1.165, 1.54) is 19.4 Å². The number of hydroxylamine groups is 1. The van der Waals surface area contributed by atoms with Crippen LogP contribution in [0.3, 0.4) is 0 Å². The first kappa shape index (κ1) is 55.5. The Bertz CT molecular complexity index is 2160. The van der Waals surface area contributed by atoms with Crippen molar-refractivity contribution >= 4 is 52.2 Å². The number of nitrogens with zero attached hydrogens (tertiary/aromatic N) is 2. The second-order valence-electron chi connectivity index (χ2n) is 17.3. The van der Waals surface area contributed by atoms with Crippen LogP contribution in [0.15, 0.2) is 48.0 Å². The number of carbonyl (C=O) groups is 6. The highest BCUT2D eigenvalue weighted by molar-refractivity contribution is 5.96. The highest BCUT2D eigenvalue weighted by Gasteiger charge is 2.43. The number of rotatable bonds is 27. The number of fused-ring (bicyclic) bond motifs is 1. The third kappa shape index (κ3) is 17.4. The SMILES string of the molecule is CC(=NC1C(O)OC(CO)C(O)C1O)NOCC(=O)NC(Cc1cnc[nH]1)C(=O)NC(CO)C(=O)NC(CC(C)C)C(=O)NCC(=O)NC(CCCCN)C(=O)NC(C)Cc1c[nH]c2ccccc12. The molecule has 382 valence electrons. The second kappa shape index (κ2) is 27.8. The predicted octanol–water partition coefficient (Wildman–Crippen LogP) is -3.86. The summed E-state index contributed by atoms with van der Waals surface area (Å²) >= 11 is 0. The van der Waals surface area contributed by atoms with Crippen LogP contribution in [0.5, 0.6) is 0 Å². The number of ether oxygens (including phenoxy) is 1. The summed E-state index contributed by atoms with van der Waals surface area (Å²) in [6, 6.07) is 1.06. The van der Waals surface area contributed by atoms with Gasteiger partial charge in [0.15, 0.2) is 12.9 Å². The summed E-state index contributed by atoms with van der Waals surface area (Å²) in [4.78, 5) is 99.4. The van der Waals surface area contributed by atoms with Crippen LogP contribution in [0.25, 0.3) is 10.9 Å². The van der Waals surface area contributed by atoms with Gasteiger partial charge in [0.25, 0.3) is 0 Å². The zero-order valence-electron chi connectivity index (χ0n) is 39.1. The first-order valence-electron chi connectivity index (χ1n) is 22.8. The molecule has 10 unspecified atom stereocenters. The number of aromatic amines is 2. The van der Waals surface area contributed by atoms with Crippen molar-refractivity contribution in [2.45, 2.75) is 127 Å². The molecular weight excluding hydrogens is 905 g/mol. The maximum absolute atomic E-state index is 13.6. The Morgan fingerprint density at radius 2 is 1.54 bits per heavy atom. The second-order valence-corrected chi connectivity index (χ2v) is 17.3. The van der Waals surface area contributed by atoms with E-state index in [9.17, 15) is 54.3 Å². The van der Waals surface area contributed by atoms with Crippen molar-refractivity contribution in [3.63, 3.8) is 0 Å².